The van der Waals surface area contributed by atoms with Crippen molar-refractivity contribution in [2.75, 3.05) is 32.9 Å². The van der Waals surface area contributed by atoms with Crippen LogP contribution < -0.4 is 10.6 Å². The molecule has 0 spiro atoms. The predicted octanol–water partition coefficient (Wildman–Crippen LogP) is 3.55. The first kappa shape index (κ1) is 24.7. The molecule has 0 atom stereocenters. The van der Waals surface area contributed by atoms with Crippen LogP contribution in [0.2, 0.25) is 0 Å². The standard InChI is InChI=1S/C27H32N2O6/c1-26(2,23(30)28-17-27(24(31)32)11-13-34-14-12-27)16-29-25(33)35-15-22-20-9-5-3-7-18(20)19-8-4-6-10-21(19)22/h3-10,22H,11-17H2,1-2H3,(H,28,30)(H,29,33)(H,31,32). The van der Waals surface area contributed by atoms with Crippen molar-refractivity contribution in [2.24, 2.45) is 10.8 Å². The molecule has 8 nitrogen and oxygen atoms in total. The zero-order chi connectivity index (χ0) is 25.1. The van der Waals surface area contributed by atoms with Gasteiger partial charge in [0.1, 0.15) is 6.61 Å². The molecule has 1 aliphatic carbocycles. The van der Waals surface area contributed by atoms with E-state index >= 15 is 0 Å². The molecule has 3 N–H and O–H groups in total. The molecule has 35 heavy (non-hydrogen) atoms. The summed E-state index contributed by atoms with van der Waals surface area (Å²) >= 11 is 0. The van der Waals surface area contributed by atoms with Crippen LogP contribution in [0.3, 0.4) is 0 Å². The summed E-state index contributed by atoms with van der Waals surface area (Å²) in [6.07, 6.45) is 0.0985. The van der Waals surface area contributed by atoms with E-state index in [4.69, 9.17) is 9.47 Å². The van der Waals surface area contributed by atoms with Crippen LogP contribution in [0.25, 0.3) is 11.1 Å². The quantitative estimate of drug-likeness (QED) is 0.533. The van der Waals surface area contributed by atoms with Crippen LogP contribution >= 0.6 is 0 Å². The van der Waals surface area contributed by atoms with Crippen molar-refractivity contribution in [2.45, 2.75) is 32.6 Å². The van der Waals surface area contributed by atoms with Crippen LogP contribution in [-0.4, -0.2) is 56.0 Å². The number of ether oxygens (including phenoxy) is 2. The molecule has 0 radical (unpaired) electrons. The molecule has 0 saturated carbocycles. The summed E-state index contributed by atoms with van der Waals surface area (Å²) in [5, 5.41) is 15.1. The minimum absolute atomic E-state index is 0.0267. The third-order valence-electron chi connectivity index (χ3n) is 7.12. The Morgan fingerprint density at radius 1 is 1.00 bits per heavy atom. The second-order valence-electron chi connectivity index (χ2n) is 9.94. The van der Waals surface area contributed by atoms with E-state index in [1.807, 2.05) is 24.3 Å². The SMILES string of the molecule is CC(C)(CNC(=O)OCC1c2ccccc2-c2ccccc21)C(=O)NCC1(C(=O)O)CCOCC1. The van der Waals surface area contributed by atoms with Gasteiger partial charge in [0.05, 0.1) is 10.8 Å². The molecule has 1 aliphatic heterocycles. The van der Waals surface area contributed by atoms with Crippen LogP contribution in [0.15, 0.2) is 48.5 Å². The van der Waals surface area contributed by atoms with Crippen molar-refractivity contribution in [1.29, 1.82) is 0 Å². The molecule has 0 unspecified atom stereocenters. The number of fused-ring (bicyclic) bond motifs is 3. The van der Waals surface area contributed by atoms with Crippen molar-refractivity contribution in [3.63, 3.8) is 0 Å². The van der Waals surface area contributed by atoms with Gasteiger partial charge in [-0.15, -0.1) is 0 Å². The third kappa shape index (κ3) is 5.17. The highest BCUT2D eigenvalue weighted by atomic mass is 16.5. The first-order chi connectivity index (χ1) is 16.7. The van der Waals surface area contributed by atoms with Crippen molar-refractivity contribution in [1.82, 2.24) is 10.6 Å². The maximum Gasteiger partial charge on any atom is 0.407 e. The van der Waals surface area contributed by atoms with Crippen LogP contribution in [-0.2, 0) is 19.1 Å². The Bertz CT molecular complexity index is 1060. The molecule has 186 valence electrons. The molecule has 0 bridgehead atoms. The van der Waals surface area contributed by atoms with Gasteiger partial charge < -0.3 is 25.2 Å². The normalized spacial score (nSPS) is 16.6. The summed E-state index contributed by atoms with van der Waals surface area (Å²) in [7, 11) is 0. The van der Waals surface area contributed by atoms with Gasteiger partial charge in [-0.2, -0.15) is 0 Å². The molecule has 2 aromatic rings. The van der Waals surface area contributed by atoms with Crippen LogP contribution in [0.1, 0.15) is 43.7 Å². The van der Waals surface area contributed by atoms with Gasteiger partial charge in [-0.25, -0.2) is 4.79 Å². The van der Waals surface area contributed by atoms with E-state index in [-0.39, 0.29) is 31.5 Å². The Morgan fingerprint density at radius 2 is 1.57 bits per heavy atom. The maximum absolute atomic E-state index is 12.8. The number of carboxylic acid groups (broad SMARTS) is 1. The zero-order valence-corrected chi connectivity index (χ0v) is 20.1. The first-order valence-electron chi connectivity index (χ1n) is 11.9. The van der Waals surface area contributed by atoms with Gasteiger partial charge in [-0.3, -0.25) is 9.59 Å². The van der Waals surface area contributed by atoms with Crippen molar-refractivity contribution in [3.8, 4) is 11.1 Å². The van der Waals surface area contributed by atoms with Gasteiger partial charge in [-0.05, 0) is 48.9 Å². The van der Waals surface area contributed by atoms with Crippen LogP contribution in [0.4, 0.5) is 4.79 Å². The fraction of sp³-hybridized carbons (Fsp3) is 0.444. The van der Waals surface area contributed by atoms with Crippen molar-refractivity contribution < 1.29 is 29.0 Å². The number of carboxylic acids is 1. The molecule has 8 heteroatoms. The summed E-state index contributed by atoms with van der Waals surface area (Å²) in [5.41, 5.74) is 2.58. The second kappa shape index (κ2) is 10.1. The van der Waals surface area contributed by atoms with E-state index in [0.717, 1.165) is 22.3 Å². The summed E-state index contributed by atoms with van der Waals surface area (Å²) < 4.78 is 10.8. The number of nitrogens with one attached hydrogen (secondary N) is 2. The Balaban J connectivity index is 1.30. The number of hydrogen-bond donors (Lipinski definition) is 3. The lowest BCUT2D eigenvalue weighted by atomic mass is 9.79. The van der Waals surface area contributed by atoms with E-state index in [1.54, 1.807) is 13.8 Å². The highest BCUT2D eigenvalue weighted by Gasteiger charge is 2.41. The lowest BCUT2D eigenvalue weighted by Gasteiger charge is -2.34. The Kier molecular flexibility index (Phi) is 7.12. The third-order valence-corrected chi connectivity index (χ3v) is 7.12. The lowest BCUT2D eigenvalue weighted by molar-refractivity contribution is -0.155. The highest BCUT2D eigenvalue weighted by molar-refractivity contribution is 5.84. The largest absolute Gasteiger partial charge is 0.481 e. The molecule has 0 aromatic heterocycles. The number of rotatable bonds is 8. The van der Waals surface area contributed by atoms with E-state index < -0.39 is 22.9 Å². The molecule has 2 aromatic carbocycles. The summed E-state index contributed by atoms with van der Waals surface area (Å²) in [6.45, 7) is 4.38. The number of carbonyl (C=O) groups is 3. The topological polar surface area (TPSA) is 114 Å². The predicted molar refractivity (Wildman–Crippen MR) is 130 cm³/mol. The molecular formula is C27H32N2O6. The van der Waals surface area contributed by atoms with Crippen molar-refractivity contribution in [3.05, 3.63) is 59.7 Å². The molecular weight excluding hydrogens is 448 g/mol. The zero-order valence-electron chi connectivity index (χ0n) is 20.1. The molecule has 1 fully saturated rings. The summed E-state index contributed by atoms with van der Waals surface area (Å²) in [6, 6.07) is 16.2. The number of alkyl carbamates (subject to hydrolysis) is 1. The number of carbonyl (C=O) groups excluding carboxylic acids is 2. The van der Waals surface area contributed by atoms with E-state index in [9.17, 15) is 19.5 Å². The molecule has 2 amide bonds. The monoisotopic (exact) mass is 480 g/mol. The van der Waals surface area contributed by atoms with Crippen LogP contribution in [0, 0.1) is 10.8 Å². The number of amides is 2. The average molecular weight is 481 g/mol. The number of aliphatic carboxylic acids is 1. The molecule has 1 heterocycles. The first-order valence-corrected chi connectivity index (χ1v) is 11.9. The maximum atomic E-state index is 12.8. The van der Waals surface area contributed by atoms with Gasteiger partial charge in [-0.1, -0.05) is 48.5 Å². The average Bonchev–Trinajstić information content (AvgIpc) is 3.19. The minimum Gasteiger partial charge on any atom is -0.481 e. The number of hydrogen-bond acceptors (Lipinski definition) is 5. The second-order valence-corrected chi connectivity index (χ2v) is 9.94. The Morgan fingerprint density at radius 3 is 2.14 bits per heavy atom. The van der Waals surface area contributed by atoms with Crippen LogP contribution in [0.5, 0.6) is 0 Å². The van der Waals surface area contributed by atoms with E-state index in [0.29, 0.717) is 26.1 Å². The van der Waals surface area contributed by atoms with Gasteiger partial charge in [0.15, 0.2) is 0 Å². The fourth-order valence-electron chi connectivity index (χ4n) is 4.74. The van der Waals surface area contributed by atoms with Gasteiger partial charge in [0.25, 0.3) is 0 Å². The highest BCUT2D eigenvalue weighted by Crippen LogP contribution is 2.44. The summed E-state index contributed by atoms with van der Waals surface area (Å²) in [4.78, 5) is 37.1. The van der Waals surface area contributed by atoms with Crippen molar-refractivity contribution >= 4 is 18.0 Å². The number of benzene rings is 2. The van der Waals surface area contributed by atoms with Gasteiger partial charge in [0.2, 0.25) is 5.91 Å². The van der Waals surface area contributed by atoms with E-state index in [1.165, 1.54) is 0 Å². The molecule has 1 saturated heterocycles. The fourth-order valence-corrected chi connectivity index (χ4v) is 4.74. The van der Waals surface area contributed by atoms with Gasteiger partial charge in [0, 0.05) is 32.2 Å². The molecule has 2 aliphatic rings. The van der Waals surface area contributed by atoms with E-state index in [2.05, 4.69) is 34.9 Å². The van der Waals surface area contributed by atoms with Gasteiger partial charge >= 0.3 is 12.1 Å². The lowest BCUT2D eigenvalue weighted by Crippen LogP contribution is -2.51. The smallest absolute Gasteiger partial charge is 0.407 e. The Labute approximate surface area is 205 Å². The Hall–Kier alpha value is -3.39. The summed E-state index contributed by atoms with van der Waals surface area (Å²) in [5.74, 6) is -1.31. The minimum atomic E-state index is -1.02. The molecule has 4 rings (SSSR count).